The highest BCUT2D eigenvalue weighted by Crippen LogP contribution is 2.22. The summed E-state index contributed by atoms with van der Waals surface area (Å²) in [5.74, 6) is 1.77. The van der Waals surface area contributed by atoms with Crippen molar-refractivity contribution >= 4 is 11.6 Å². The molecule has 2 heterocycles. The highest BCUT2D eigenvalue weighted by Gasteiger charge is 2.16. The smallest absolute Gasteiger partial charge is 0.193 e. The summed E-state index contributed by atoms with van der Waals surface area (Å²) in [5, 5.41) is 3.46. The Labute approximate surface area is 169 Å². The van der Waals surface area contributed by atoms with Crippen molar-refractivity contribution in [3.63, 3.8) is 0 Å². The van der Waals surface area contributed by atoms with Gasteiger partial charge in [0.15, 0.2) is 5.96 Å². The average Bonchev–Trinajstić information content (AvgIpc) is 2.76. The predicted octanol–water partition coefficient (Wildman–Crippen LogP) is 2.74. The van der Waals surface area contributed by atoms with E-state index in [2.05, 4.69) is 53.4 Å². The Morgan fingerprint density at radius 1 is 1.14 bits per heavy atom. The van der Waals surface area contributed by atoms with E-state index in [1.54, 1.807) is 0 Å². The summed E-state index contributed by atoms with van der Waals surface area (Å²) in [6.07, 6.45) is 3.58. The van der Waals surface area contributed by atoms with Gasteiger partial charge in [-0.2, -0.15) is 0 Å². The predicted molar refractivity (Wildman–Crippen MR) is 115 cm³/mol. The standard InChI is InChI=1S/C22H36N4O2/c1-3-23-22(25(2)11-8-19-9-14-27-15-10-19)24-18-20-6-4-5-7-21(20)26-12-16-28-17-13-26/h4-7,19H,3,8-18H2,1-2H3,(H,23,24). The van der Waals surface area contributed by atoms with Crippen LogP contribution >= 0.6 is 0 Å². The maximum absolute atomic E-state index is 5.51. The van der Waals surface area contributed by atoms with E-state index in [1.807, 2.05) is 0 Å². The third-order valence-corrected chi connectivity index (χ3v) is 5.65. The first-order valence-electron chi connectivity index (χ1n) is 10.8. The Hall–Kier alpha value is -1.79. The zero-order valence-corrected chi connectivity index (χ0v) is 17.5. The number of ether oxygens (including phenoxy) is 2. The highest BCUT2D eigenvalue weighted by atomic mass is 16.5. The molecule has 6 nitrogen and oxygen atoms in total. The van der Waals surface area contributed by atoms with Crippen molar-refractivity contribution in [2.24, 2.45) is 10.9 Å². The van der Waals surface area contributed by atoms with Gasteiger partial charge in [-0.3, -0.25) is 0 Å². The molecule has 2 aliphatic heterocycles. The minimum atomic E-state index is 0.692. The molecule has 28 heavy (non-hydrogen) atoms. The minimum absolute atomic E-state index is 0.692. The van der Waals surface area contributed by atoms with Crippen LogP contribution in [0.2, 0.25) is 0 Å². The van der Waals surface area contributed by atoms with Crippen LogP contribution in [-0.4, -0.2) is 70.5 Å². The van der Waals surface area contributed by atoms with Gasteiger partial charge < -0.3 is 24.6 Å². The number of hydrogen-bond acceptors (Lipinski definition) is 4. The first-order chi connectivity index (χ1) is 13.8. The summed E-state index contributed by atoms with van der Waals surface area (Å²) in [5.41, 5.74) is 2.56. The molecule has 0 atom stereocenters. The number of nitrogens with zero attached hydrogens (tertiary/aromatic N) is 3. The van der Waals surface area contributed by atoms with Gasteiger partial charge >= 0.3 is 0 Å². The number of para-hydroxylation sites is 1. The van der Waals surface area contributed by atoms with Crippen molar-refractivity contribution in [1.29, 1.82) is 0 Å². The van der Waals surface area contributed by atoms with Crippen molar-refractivity contribution in [3.05, 3.63) is 29.8 Å². The van der Waals surface area contributed by atoms with Crippen LogP contribution in [0.1, 0.15) is 31.7 Å². The molecule has 0 spiro atoms. The molecule has 0 saturated carbocycles. The molecule has 2 saturated heterocycles. The van der Waals surface area contributed by atoms with Gasteiger partial charge in [-0.05, 0) is 43.7 Å². The molecule has 0 radical (unpaired) electrons. The Balaban J connectivity index is 1.62. The molecule has 0 aliphatic carbocycles. The normalized spacial score (nSPS) is 18.9. The molecule has 6 heteroatoms. The second-order valence-corrected chi connectivity index (χ2v) is 7.66. The van der Waals surface area contributed by atoms with E-state index in [4.69, 9.17) is 14.5 Å². The molecule has 156 valence electrons. The first kappa shape index (κ1) is 20.9. The van der Waals surface area contributed by atoms with E-state index in [-0.39, 0.29) is 0 Å². The Morgan fingerprint density at radius 3 is 2.61 bits per heavy atom. The first-order valence-corrected chi connectivity index (χ1v) is 10.8. The largest absolute Gasteiger partial charge is 0.381 e. The van der Waals surface area contributed by atoms with Crippen molar-refractivity contribution in [1.82, 2.24) is 10.2 Å². The van der Waals surface area contributed by atoms with E-state index in [0.717, 1.165) is 64.5 Å². The van der Waals surface area contributed by atoms with Gasteiger partial charge in [-0.15, -0.1) is 0 Å². The maximum Gasteiger partial charge on any atom is 0.193 e. The van der Waals surface area contributed by atoms with Crippen LogP contribution in [-0.2, 0) is 16.0 Å². The van der Waals surface area contributed by atoms with Crippen LogP contribution in [0.4, 0.5) is 5.69 Å². The zero-order valence-electron chi connectivity index (χ0n) is 17.5. The second kappa shape index (κ2) is 11.3. The molecule has 0 bridgehead atoms. The number of anilines is 1. The topological polar surface area (TPSA) is 49.3 Å². The molecular weight excluding hydrogens is 352 g/mol. The van der Waals surface area contributed by atoms with Crippen molar-refractivity contribution in [2.45, 2.75) is 32.7 Å². The van der Waals surface area contributed by atoms with Crippen molar-refractivity contribution in [2.75, 3.05) is 64.6 Å². The SMILES string of the molecule is CCNC(=NCc1ccccc1N1CCOCC1)N(C)CCC1CCOCC1. The molecule has 3 rings (SSSR count). The molecule has 1 N–H and O–H groups in total. The van der Waals surface area contributed by atoms with Crippen molar-refractivity contribution < 1.29 is 9.47 Å². The zero-order chi connectivity index (χ0) is 19.6. The van der Waals surface area contributed by atoms with Crippen LogP contribution in [0.25, 0.3) is 0 Å². The summed E-state index contributed by atoms with van der Waals surface area (Å²) in [6.45, 7) is 10.1. The fraction of sp³-hybridized carbons (Fsp3) is 0.682. The molecule has 1 aromatic carbocycles. The van der Waals surface area contributed by atoms with Gasteiger partial charge in [0.05, 0.1) is 19.8 Å². The quantitative estimate of drug-likeness (QED) is 0.575. The number of rotatable bonds is 7. The number of hydrogen-bond donors (Lipinski definition) is 1. The number of morpholine rings is 1. The molecule has 0 aromatic heterocycles. The molecule has 2 aliphatic rings. The molecule has 0 unspecified atom stereocenters. The molecule has 0 amide bonds. The molecular formula is C22H36N4O2. The lowest BCUT2D eigenvalue weighted by Gasteiger charge is -2.30. The molecule has 2 fully saturated rings. The van der Waals surface area contributed by atoms with Gasteiger partial charge in [0.1, 0.15) is 0 Å². The lowest BCUT2D eigenvalue weighted by Crippen LogP contribution is -2.40. The van der Waals surface area contributed by atoms with Gasteiger partial charge in [-0.1, -0.05) is 18.2 Å². The fourth-order valence-corrected chi connectivity index (χ4v) is 3.90. The van der Waals surface area contributed by atoms with E-state index < -0.39 is 0 Å². The van der Waals surface area contributed by atoms with E-state index >= 15 is 0 Å². The van der Waals surface area contributed by atoms with E-state index in [9.17, 15) is 0 Å². The van der Waals surface area contributed by atoms with Gasteiger partial charge in [0, 0.05) is 52.1 Å². The van der Waals surface area contributed by atoms with Crippen molar-refractivity contribution in [3.8, 4) is 0 Å². The lowest BCUT2D eigenvalue weighted by atomic mass is 9.96. The van der Waals surface area contributed by atoms with Crippen LogP contribution < -0.4 is 10.2 Å². The monoisotopic (exact) mass is 388 g/mol. The lowest BCUT2D eigenvalue weighted by molar-refractivity contribution is 0.0625. The highest BCUT2D eigenvalue weighted by molar-refractivity contribution is 5.79. The second-order valence-electron chi connectivity index (χ2n) is 7.66. The van der Waals surface area contributed by atoms with E-state index in [1.165, 1.54) is 30.5 Å². The third-order valence-electron chi connectivity index (χ3n) is 5.65. The Morgan fingerprint density at radius 2 is 1.86 bits per heavy atom. The van der Waals surface area contributed by atoms with Gasteiger partial charge in [0.2, 0.25) is 0 Å². The number of guanidine groups is 1. The maximum atomic E-state index is 5.51. The number of nitrogens with one attached hydrogen (secondary N) is 1. The summed E-state index contributed by atoms with van der Waals surface area (Å²) >= 11 is 0. The third kappa shape index (κ3) is 6.11. The Bertz CT molecular complexity index is 610. The van der Waals surface area contributed by atoms with Gasteiger partial charge in [0.25, 0.3) is 0 Å². The summed E-state index contributed by atoms with van der Waals surface area (Å²) in [6, 6.07) is 8.62. The summed E-state index contributed by atoms with van der Waals surface area (Å²) < 4.78 is 11.0. The van der Waals surface area contributed by atoms with E-state index in [0.29, 0.717) is 6.54 Å². The van der Waals surface area contributed by atoms with Crippen LogP contribution in [0, 0.1) is 5.92 Å². The minimum Gasteiger partial charge on any atom is -0.381 e. The summed E-state index contributed by atoms with van der Waals surface area (Å²) in [4.78, 5) is 9.64. The summed E-state index contributed by atoms with van der Waals surface area (Å²) in [7, 11) is 2.15. The number of aliphatic imine (C=N–C) groups is 1. The Kier molecular flexibility index (Phi) is 8.42. The average molecular weight is 389 g/mol. The molecule has 1 aromatic rings. The number of benzene rings is 1. The van der Waals surface area contributed by atoms with Crippen LogP contribution in [0.15, 0.2) is 29.3 Å². The fourth-order valence-electron chi connectivity index (χ4n) is 3.90. The van der Waals surface area contributed by atoms with Crippen LogP contribution in [0.5, 0.6) is 0 Å². The van der Waals surface area contributed by atoms with Gasteiger partial charge in [-0.25, -0.2) is 4.99 Å². The van der Waals surface area contributed by atoms with Crippen LogP contribution in [0.3, 0.4) is 0 Å².